The van der Waals surface area contributed by atoms with E-state index in [2.05, 4.69) is 15.2 Å². The Morgan fingerprint density at radius 2 is 2.08 bits per heavy atom. The highest BCUT2D eigenvalue weighted by Gasteiger charge is 2.32. The third-order valence-electron chi connectivity index (χ3n) is 4.52. The molecule has 2 heterocycles. The number of rotatable bonds is 4. The van der Waals surface area contributed by atoms with E-state index in [1.807, 2.05) is 7.05 Å². The molecule has 0 aliphatic carbocycles. The number of nitrogens with zero attached hydrogens (tertiary/aromatic N) is 3. The average Bonchev–Trinajstić information content (AvgIpc) is 2.55. The number of nitrogens with one attached hydrogen (secondary N) is 1. The molecule has 1 aromatic carbocycles. The zero-order valence-corrected chi connectivity index (χ0v) is 14.1. The molecule has 0 bridgehead atoms. The van der Waals surface area contributed by atoms with Crippen LogP contribution >= 0.6 is 11.6 Å². The predicted octanol–water partition coefficient (Wildman–Crippen LogP) is 2.67. The Morgan fingerprint density at radius 1 is 1.42 bits per heavy atom. The Morgan fingerprint density at radius 3 is 2.75 bits per heavy atom. The molecule has 2 aromatic rings. The Bertz CT molecular complexity index is 775. The van der Waals surface area contributed by atoms with Crippen molar-refractivity contribution in [2.75, 3.05) is 32.0 Å². The minimum atomic E-state index is -0.892. The lowest BCUT2D eigenvalue weighted by Gasteiger charge is -2.36. The molecule has 7 nitrogen and oxygen atoms in total. The third kappa shape index (κ3) is 3.28. The number of hydrogen-bond donors (Lipinski definition) is 2. The van der Waals surface area contributed by atoms with Gasteiger partial charge in [0.05, 0.1) is 16.0 Å². The number of piperidine rings is 1. The molecule has 1 aromatic heterocycles. The van der Waals surface area contributed by atoms with Crippen LogP contribution in [-0.2, 0) is 0 Å². The Hall–Kier alpha value is -1.96. The van der Waals surface area contributed by atoms with Gasteiger partial charge in [-0.1, -0.05) is 29.8 Å². The van der Waals surface area contributed by atoms with Crippen LogP contribution in [0.15, 0.2) is 24.3 Å². The maximum Gasteiger partial charge on any atom is 0.329 e. The number of hydrogen-bond acceptors (Lipinski definition) is 6. The summed E-state index contributed by atoms with van der Waals surface area (Å²) in [5.41, 5.74) is -0.266. The molecule has 24 heavy (non-hydrogen) atoms. The van der Waals surface area contributed by atoms with Crippen molar-refractivity contribution >= 4 is 33.9 Å². The second-order valence-electron chi connectivity index (χ2n) is 6.28. The summed E-state index contributed by atoms with van der Waals surface area (Å²) in [4.78, 5) is 17.1. The van der Waals surface area contributed by atoms with Gasteiger partial charge in [-0.25, -0.2) is 4.98 Å². The minimum Gasteiger partial charge on any atom is -0.388 e. The maximum absolute atomic E-state index is 11.4. The molecule has 128 valence electrons. The monoisotopic (exact) mass is 350 g/mol. The second kappa shape index (κ2) is 6.51. The molecular weight excluding hydrogens is 332 g/mol. The first kappa shape index (κ1) is 16.9. The number of benzene rings is 1. The standard InChI is InChI=1S/C16H19ClN4O3/c1-20-8-6-16(22,7-9-20)10-18-13-11-4-2-3-5-12(11)19-15(17)14(13)21(23)24/h2-5,22H,6-10H2,1H3,(H,18,19). The molecule has 1 aliphatic heterocycles. The van der Waals surface area contributed by atoms with Crippen molar-refractivity contribution in [1.29, 1.82) is 0 Å². The quantitative estimate of drug-likeness (QED) is 0.500. The number of pyridine rings is 1. The molecule has 1 saturated heterocycles. The van der Waals surface area contributed by atoms with E-state index < -0.39 is 10.5 Å². The van der Waals surface area contributed by atoms with Crippen LogP contribution in [0.25, 0.3) is 10.9 Å². The van der Waals surface area contributed by atoms with Crippen molar-refractivity contribution < 1.29 is 10.0 Å². The first-order chi connectivity index (χ1) is 11.4. The number of anilines is 1. The molecule has 0 saturated carbocycles. The van der Waals surface area contributed by atoms with E-state index in [9.17, 15) is 15.2 Å². The highest BCUT2D eigenvalue weighted by molar-refractivity contribution is 6.33. The summed E-state index contributed by atoms with van der Waals surface area (Å²) in [7, 11) is 2.01. The van der Waals surface area contributed by atoms with E-state index in [1.54, 1.807) is 24.3 Å². The van der Waals surface area contributed by atoms with Crippen molar-refractivity contribution in [3.05, 3.63) is 39.5 Å². The lowest BCUT2D eigenvalue weighted by atomic mass is 9.91. The van der Waals surface area contributed by atoms with Crippen molar-refractivity contribution in [1.82, 2.24) is 9.88 Å². The van der Waals surface area contributed by atoms with Crippen molar-refractivity contribution in [3.8, 4) is 0 Å². The van der Waals surface area contributed by atoms with Gasteiger partial charge < -0.3 is 15.3 Å². The Balaban J connectivity index is 1.95. The van der Waals surface area contributed by atoms with Gasteiger partial charge in [-0.2, -0.15) is 0 Å². The first-order valence-electron chi connectivity index (χ1n) is 7.77. The molecule has 0 spiro atoms. The van der Waals surface area contributed by atoms with Crippen LogP contribution in [-0.4, -0.2) is 52.2 Å². The van der Waals surface area contributed by atoms with Crippen LogP contribution in [0.2, 0.25) is 5.15 Å². The summed E-state index contributed by atoms with van der Waals surface area (Å²) < 4.78 is 0. The first-order valence-corrected chi connectivity index (χ1v) is 8.15. The van der Waals surface area contributed by atoms with Crippen molar-refractivity contribution in [3.63, 3.8) is 0 Å². The van der Waals surface area contributed by atoms with E-state index in [4.69, 9.17) is 11.6 Å². The summed E-state index contributed by atoms with van der Waals surface area (Å²) >= 11 is 6.02. The number of nitro groups is 1. The summed E-state index contributed by atoms with van der Waals surface area (Å²) in [6.07, 6.45) is 1.22. The number of para-hydroxylation sites is 1. The van der Waals surface area contributed by atoms with E-state index in [0.717, 1.165) is 13.1 Å². The van der Waals surface area contributed by atoms with Gasteiger partial charge in [-0.05, 0) is 26.0 Å². The number of aromatic nitrogens is 1. The van der Waals surface area contributed by atoms with E-state index in [1.165, 1.54) is 0 Å². The maximum atomic E-state index is 11.4. The van der Waals surface area contributed by atoms with Gasteiger partial charge in [0.2, 0.25) is 5.15 Å². The number of aliphatic hydroxyl groups is 1. The SMILES string of the molecule is CN1CCC(O)(CNc2c([N+](=O)[O-])c(Cl)nc3ccccc23)CC1. The summed E-state index contributed by atoms with van der Waals surface area (Å²) in [6, 6.07) is 7.09. The highest BCUT2D eigenvalue weighted by Crippen LogP contribution is 2.37. The number of halogens is 1. The molecular formula is C16H19ClN4O3. The topological polar surface area (TPSA) is 91.5 Å². The summed E-state index contributed by atoms with van der Waals surface area (Å²) in [5, 5.41) is 25.7. The van der Waals surface area contributed by atoms with Crippen LogP contribution in [0, 0.1) is 10.1 Å². The number of likely N-dealkylation sites (tertiary alicyclic amines) is 1. The van der Waals surface area contributed by atoms with Crippen LogP contribution in [0.5, 0.6) is 0 Å². The molecule has 8 heteroatoms. The zero-order chi connectivity index (χ0) is 17.3. The largest absolute Gasteiger partial charge is 0.388 e. The summed E-state index contributed by atoms with van der Waals surface area (Å²) in [5.74, 6) is 0. The normalized spacial score (nSPS) is 17.8. The Labute approximate surface area is 144 Å². The highest BCUT2D eigenvalue weighted by atomic mass is 35.5. The van der Waals surface area contributed by atoms with Crippen molar-refractivity contribution in [2.45, 2.75) is 18.4 Å². The number of fused-ring (bicyclic) bond motifs is 1. The Kier molecular flexibility index (Phi) is 4.58. The molecule has 0 atom stereocenters. The van der Waals surface area contributed by atoms with Crippen LogP contribution in [0.3, 0.4) is 0 Å². The van der Waals surface area contributed by atoms with Gasteiger partial charge in [-0.15, -0.1) is 0 Å². The smallest absolute Gasteiger partial charge is 0.329 e. The van der Waals surface area contributed by atoms with Gasteiger partial charge >= 0.3 is 5.69 Å². The second-order valence-corrected chi connectivity index (χ2v) is 6.64. The average molecular weight is 351 g/mol. The lowest BCUT2D eigenvalue weighted by molar-refractivity contribution is -0.384. The van der Waals surface area contributed by atoms with E-state index in [0.29, 0.717) is 29.4 Å². The predicted molar refractivity (Wildman–Crippen MR) is 93.6 cm³/mol. The van der Waals surface area contributed by atoms with Crippen LogP contribution in [0.1, 0.15) is 12.8 Å². The van der Waals surface area contributed by atoms with Gasteiger partial charge in [-0.3, -0.25) is 10.1 Å². The molecule has 1 fully saturated rings. The fraction of sp³-hybridized carbons (Fsp3) is 0.438. The molecule has 0 unspecified atom stereocenters. The van der Waals surface area contributed by atoms with E-state index in [-0.39, 0.29) is 17.4 Å². The third-order valence-corrected chi connectivity index (χ3v) is 4.78. The minimum absolute atomic E-state index is 0.156. The summed E-state index contributed by atoms with van der Waals surface area (Å²) in [6.45, 7) is 1.81. The van der Waals surface area contributed by atoms with Gasteiger partial charge in [0.15, 0.2) is 0 Å². The lowest BCUT2D eigenvalue weighted by Crippen LogP contribution is -2.47. The zero-order valence-electron chi connectivity index (χ0n) is 13.3. The van der Waals surface area contributed by atoms with E-state index >= 15 is 0 Å². The van der Waals surface area contributed by atoms with Crippen molar-refractivity contribution in [2.24, 2.45) is 0 Å². The van der Waals surface area contributed by atoms with Gasteiger partial charge in [0.1, 0.15) is 5.69 Å². The van der Waals surface area contributed by atoms with Crippen LogP contribution < -0.4 is 5.32 Å². The van der Waals surface area contributed by atoms with Gasteiger partial charge in [0, 0.05) is 25.0 Å². The fourth-order valence-electron chi connectivity index (χ4n) is 2.98. The van der Waals surface area contributed by atoms with Crippen LogP contribution in [0.4, 0.5) is 11.4 Å². The molecule has 1 aliphatic rings. The molecule has 2 N–H and O–H groups in total. The molecule has 3 rings (SSSR count). The van der Waals surface area contributed by atoms with Gasteiger partial charge in [0.25, 0.3) is 0 Å². The molecule has 0 radical (unpaired) electrons. The molecule has 0 amide bonds. The fourth-order valence-corrected chi connectivity index (χ4v) is 3.24.